The number of halogens is 1. The van der Waals surface area contributed by atoms with Crippen molar-refractivity contribution in [3.05, 3.63) is 91.9 Å². The Labute approximate surface area is 187 Å². The molecule has 1 atom stereocenters. The minimum Gasteiger partial charge on any atom is -0.490 e. The van der Waals surface area contributed by atoms with Gasteiger partial charge in [-0.2, -0.15) is 0 Å². The molecule has 4 rings (SSSR count). The van der Waals surface area contributed by atoms with Crippen LogP contribution in [0.3, 0.4) is 0 Å². The van der Waals surface area contributed by atoms with Gasteiger partial charge in [0.05, 0.1) is 16.6 Å². The molecule has 7 nitrogen and oxygen atoms in total. The first-order valence-corrected chi connectivity index (χ1v) is 10.5. The lowest BCUT2D eigenvalue weighted by Crippen LogP contribution is -2.13. The van der Waals surface area contributed by atoms with Crippen LogP contribution in [-0.2, 0) is 13.0 Å². The number of hydrogen-bond acceptors (Lipinski definition) is 5. The summed E-state index contributed by atoms with van der Waals surface area (Å²) in [7, 11) is 0. The number of rotatable bonds is 6. The molecule has 0 bridgehead atoms. The largest absolute Gasteiger partial charge is 0.490 e. The van der Waals surface area contributed by atoms with Crippen LogP contribution in [0.15, 0.2) is 65.1 Å². The molecule has 3 aromatic rings. The average molecular weight is 483 g/mol. The van der Waals surface area contributed by atoms with Crippen molar-refractivity contribution in [2.24, 2.45) is 0 Å². The maximum Gasteiger partial charge on any atom is 0.296 e. The third kappa shape index (κ3) is 4.69. The Hall–Kier alpha value is -3.39. The molecule has 31 heavy (non-hydrogen) atoms. The summed E-state index contributed by atoms with van der Waals surface area (Å²) in [5, 5.41) is 14.2. The zero-order chi connectivity index (χ0) is 22.0. The number of carbonyl (C=O) groups excluding carboxylic acids is 1. The molecular weight excluding hydrogens is 464 g/mol. The Balaban J connectivity index is 1.49. The van der Waals surface area contributed by atoms with E-state index in [1.54, 1.807) is 30.3 Å². The lowest BCUT2D eigenvalue weighted by molar-refractivity contribution is -0.384. The number of nitro groups is 1. The lowest BCUT2D eigenvalue weighted by atomic mass is 10.1. The summed E-state index contributed by atoms with van der Waals surface area (Å²) in [5.41, 5.74) is 2.32. The zero-order valence-electron chi connectivity index (χ0n) is 16.6. The topological polar surface area (TPSA) is 90.7 Å². The first kappa shape index (κ1) is 20.9. The molecule has 1 aliphatic heterocycles. The number of nitrogens with one attached hydrogen (secondary N) is 1. The third-order valence-electron chi connectivity index (χ3n) is 4.90. The summed E-state index contributed by atoms with van der Waals surface area (Å²) in [6.45, 7) is 2.29. The number of benzene rings is 3. The van der Waals surface area contributed by atoms with Gasteiger partial charge in [-0.3, -0.25) is 14.9 Å². The average Bonchev–Trinajstić information content (AvgIpc) is 3.12. The maximum atomic E-state index is 12.5. The first-order chi connectivity index (χ1) is 14.9. The van der Waals surface area contributed by atoms with Gasteiger partial charge in [0.1, 0.15) is 29.9 Å². The number of carbonyl (C=O) groups is 1. The molecule has 1 heterocycles. The number of anilines is 1. The van der Waals surface area contributed by atoms with Crippen LogP contribution in [0.25, 0.3) is 0 Å². The number of fused-ring (bicyclic) bond motifs is 1. The first-order valence-electron chi connectivity index (χ1n) is 9.66. The van der Waals surface area contributed by atoms with Crippen LogP contribution >= 0.6 is 15.9 Å². The molecule has 0 radical (unpaired) electrons. The van der Waals surface area contributed by atoms with Crippen LogP contribution in [0.5, 0.6) is 11.5 Å². The lowest BCUT2D eigenvalue weighted by Gasteiger charge is -2.10. The molecule has 0 saturated carbocycles. The van der Waals surface area contributed by atoms with Gasteiger partial charge in [-0.25, -0.2) is 0 Å². The van der Waals surface area contributed by atoms with Gasteiger partial charge in [0.15, 0.2) is 0 Å². The van der Waals surface area contributed by atoms with Crippen molar-refractivity contribution in [2.75, 3.05) is 5.32 Å². The number of hydrogen-bond donors (Lipinski definition) is 1. The summed E-state index contributed by atoms with van der Waals surface area (Å²) >= 11 is 3.31. The van der Waals surface area contributed by atoms with E-state index in [9.17, 15) is 14.9 Å². The monoisotopic (exact) mass is 482 g/mol. The Morgan fingerprint density at radius 1 is 1.23 bits per heavy atom. The second-order valence-electron chi connectivity index (χ2n) is 7.23. The van der Waals surface area contributed by atoms with Crippen LogP contribution in [0.1, 0.15) is 28.4 Å². The van der Waals surface area contributed by atoms with Crippen LogP contribution in [-0.4, -0.2) is 16.9 Å². The van der Waals surface area contributed by atoms with E-state index < -0.39 is 10.8 Å². The molecule has 3 aromatic carbocycles. The smallest absolute Gasteiger partial charge is 0.296 e. The normalized spacial score (nSPS) is 14.5. The molecule has 0 spiro atoms. The van der Waals surface area contributed by atoms with Crippen molar-refractivity contribution < 1.29 is 19.2 Å². The van der Waals surface area contributed by atoms with Gasteiger partial charge in [-0.1, -0.05) is 18.2 Å². The standard InChI is InChI=1S/C23H19BrN2O5/c1-14-10-16-11-15(6-9-22(16)31-14)13-30-17-7-8-20(21(12-17)26(28)29)25-23(27)18-4-2-3-5-19(18)24/h2-9,11-12,14H,10,13H2,1H3,(H,25,27)/t14-/m0/s1. The minimum absolute atomic E-state index is 0.0989. The van der Waals surface area contributed by atoms with Crippen molar-refractivity contribution in [1.82, 2.24) is 0 Å². The van der Waals surface area contributed by atoms with E-state index >= 15 is 0 Å². The highest BCUT2D eigenvalue weighted by Crippen LogP contribution is 2.32. The van der Waals surface area contributed by atoms with Crippen molar-refractivity contribution in [3.63, 3.8) is 0 Å². The summed E-state index contributed by atoms with van der Waals surface area (Å²) in [5.74, 6) is 0.784. The van der Waals surface area contributed by atoms with E-state index in [0.717, 1.165) is 23.3 Å². The van der Waals surface area contributed by atoms with Gasteiger partial charge in [-0.15, -0.1) is 0 Å². The van der Waals surface area contributed by atoms with Crippen molar-refractivity contribution in [1.29, 1.82) is 0 Å². The van der Waals surface area contributed by atoms with Crippen molar-refractivity contribution in [2.45, 2.75) is 26.1 Å². The predicted molar refractivity (Wildman–Crippen MR) is 120 cm³/mol. The molecule has 1 N–H and O–H groups in total. The van der Waals surface area contributed by atoms with Gasteiger partial charge in [0.25, 0.3) is 11.6 Å². The van der Waals surface area contributed by atoms with Gasteiger partial charge >= 0.3 is 0 Å². The quantitative estimate of drug-likeness (QED) is 0.369. The summed E-state index contributed by atoms with van der Waals surface area (Å²) in [4.78, 5) is 23.5. The van der Waals surface area contributed by atoms with E-state index in [4.69, 9.17) is 9.47 Å². The molecule has 8 heteroatoms. The fraction of sp³-hybridized carbons (Fsp3) is 0.174. The fourth-order valence-corrected chi connectivity index (χ4v) is 3.89. The van der Waals surface area contributed by atoms with Gasteiger partial charge < -0.3 is 14.8 Å². The van der Waals surface area contributed by atoms with E-state index in [1.165, 1.54) is 12.1 Å². The molecule has 1 aliphatic rings. The molecule has 0 unspecified atom stereocenters. The van der Waals surface area contributed by atoms with E-state index in [0.29, 0.717) is 15.8 Å². The predicted octanol–water partition coefficient (Wildman–Crippen LogP) is 5.51. The van der Waals surface area contributed by atoms with Crippen LogP contribution in [0.4, 0.5) is 11.4 Å². The van der Waals surface area contributed by atoms with Crippen LogP contribution in [0, 0.1) is 10.1 Å². The Morgan fingerprint density at radius 2 is 2.03 bits per heavy atom. The summed E-state index contributed by atoms with van der Waals surface area (Å²) in [6, 6.07) is 17.1. The number of nitrogens with zero attached hydrogens (tertiary/aromatic N) is 1. The van der Waals surface area contributed by atoms with Gasteiger partial charge in [0.2, 0.25) is 0 Å². The van der Waals surface area contributed by atoms with Crippen molar-refractivity contribution in [3.8, 4) is 11.5 Å². The highest BCUT2D eigenvalue weighted by atomic mass is 79.9. The van der Waals surface area contributed by atoms with Gasteiger partial charge in [0, 0.05) is 10.9 Å². The molecule has 158 valence electrons. The number of ether oxygens (including phenoxy) is 2. The molecule has 1 amide bonds. The fourth-order valence-electron chi connectivity index (χ4n) is 3.42. The maximum absolute atomic E-state index is 12.5. The van der Waals surface area contributed by atoms with Crippen molar-refractivity contribution >= 4 is 33.2 Å². The van der Waals surface area contributed by atoms with E-state index in [-0.39, 0.29) is 24.1 Å². The molecule has 0 aromatic heterocycles. The minimum atomic E-state index is -0.545. The summed E-state index contributed by atoms with van der Waals surface area (Å²) < 4.78 is 12.1. The number of amides is 1. The Morgan fingerprint density at radius 3 is 2.81 bits per heavy atom. The number of nitro benzene ring substituents is 1. The highest BCUT2D eigenvalue weighted by molar-refractivity contribution is 9.10. The molecule has 0 saturated heterocycles. The molecule has 0 aliphatic carbocycles. The SMILES string of the molecule is C[C@H]1Cc2cc(COc3ccc(NC(=O)c4ccccc4Br)c([N+](=O)[O-])c3)ccc2O1. The molecular formula is C23H19BrN2O5. The Bertz CT molecular complexity index is 1160. The second-order valence-corrected chi connectivity index (χ2v) is 8.09. The van der Waals surface area contributed by atoms with Crippen LogP contribution < -0.4 is 14.8 Å². The highest BCUT2D eigenvalue weighted by Gasteiger charge is 2.20. The van der Waals surface area contributed by atoms with Crippen LogP contribution in [0.2, 0.25) is 0 Å². The molecule has 0 fully saturated rings. The zero-order valence-corrected chi connectivity index (χ0v) is 18.2. The summed E-state index contributed by atoms with van der Waals surface area (Å²) in [6.07, 6.45) is 1.01. The third-order valence-corrected chi connectivity index (χ3v) is 5.59. The van der Waals surface area contributed by atoms with E-state index in [2.05, 4.69) is 21.2 Å². The van der Waals surface area contributed by atoms with E-state index in [1.807, 2.05) is 25.1 Å². The van der Waals surface area contributed by atoms with Gasteiger partial charge in [-0.05, 0) is 70.4 Å². The Kier molecular flexibility index (Phi) is 5.90. The second kappa shape index (κ2) is 8.77.